The number of fused-ring (bicyclic) bond motifs is 1. The second-order valence-electron chi connectivity index (χ2n) is 4.32. The maximum Gasteiger partial charge on any atom is 0.152 e. The second kappa shape index (κ2) is 2.97. The number of hydrogen-bond donors (Lipinski definition) is 1. The molecule has 2 N–H and O–H groups in total. The number of nitrogens with two attached hydrogens (primary N) is 1. The van der Waals surface area contributed by atoms with Crippen molar-refractivity contribution in [3.8, 4) is 0 Å². The topological polar surface area (TPSA) is 43.8 Å². The molecular formula is C10H14ClN3. The molecule has 1 aliphatic carbocycles. The van der Waals surface area contributed by atoms with E-state index in [9.17, 15) is 0 Å². The molecule has 4 heteroatoms. The van der Waals surface area contributed by atoms with Gasteiger partial charge in [-0.3, -0.25) is 0 Å². The molecule has 2 heterocycles. The van der Waals surface area contributed by atoms with Crippen LogP contribution >= 0.6 is 11.6 Å². The molecule has 0 radical (unpaired) electrons. The third kappa shape index (κ3) is 1.19. The predicted molar refractivity (Wildman–Crippen MR) is 55.4 cm³/mol. The van der Waals surface area contributed by atoms with E-state index in [1.807, 2.05) is 0 Å². The molecule has 0 spiro atoms. The molecule has 2 aliphatic rings. The highest BCUT2D eigenvalue weighted by Crippen LogP contribution is 2.43. The van der Waals surface area contributed by atoms with Crippen molar-refractivity contribution < 1.29 is 0 Å². The summed E-state index contributed by atoms with van der Waals surface area (Å²) in [6, 6.07) is 0.0937. The van der Waals surface area contributed by atoms with Crippen molar-refractivity contribution in [3.05, 3.63) is 16.7 Å². The molecule has 14 heavy (non-hydrogen) atoms. The molecule has 0 aromatic carbocycles. The number of imidazole rings is 1. The summed E-state index contributed by atoms with van der Waals surface area (Å²) in [6.07, 6.45) is 4.72. The van der Waals surface area contributed by atoms with Crippen LogP contribution in [-0.2, 0) is 6.54 Å². The van der Waals surface area contributed by atoms with Gasteiger partial charge in [0.25, 0.3) is 0 Å². The summed E-state index contributed by atoms with van der Waals surface area (Å²) in [5.74, 6) is 1.84. The van der Waals surface area contributed by atoms with Crippen molar-refractivity contribution in [1.29, 1.82) is 0 Å². The van der Waals surface area contributed by atoms with Crippen LogP contribution in [0.5, 0.6) is 0 Å². The molecule has 1 unspecified atom stereocenters. The van der Waals surface area contributed by atoms with E-state index in [-0.39, 0.29) is 6.04 Å². The standard InChI is InChI=1S/C10H14ClN3/c11-9-8-7(12)2-1-5-14(8)10(13-9)6-3-4-6/h6-7H,1-5,12H2. The summed E-state index contributed by atoms with van der Waals surface area (Å²) >= 11 is 6.12. The fourth-order valence-electron chi connectivity index (χ4n) is 2.30. The SMILES string of the molecule is NC1CCCn2c(C3CC3)nc(Cl)c21. The van der Waals surface area contributed by atoms with Crippen LogP contribution in [0, 0.1) is 0 Å². The van der Waals surface area contributed by atoms with Crippen LogP contribution in [0.15, 0.2) is 0 Å². The first kappa shape index (κ1) is 8.74. The number of nitrogens with zero attached hydrogens (tertiary/aromatic N) is 2. The van der Waals surface area contributed by atoms with E-state index < -0.39 is 0 Å². The number of halogens is 1. The minimum Gasteiger partial charge on any atom is -0.329 e. The van der Waals surface area contributed by atoms with E-state index >= 15 is 0 Å². The zero-order chi connectivity index (χ0) is 9.71. The van der Waals surface area contributed by atoms with Crippen LogP contribution in [0.25, 0.3) is 0 Å². The molecule has 1 atom stereocenters. The average molecular weight is 212 g/mol. The van der Waals surface area contributed by atoms with Crippen molar-refractivity contribution in [2.75, 3.05) is 0 Å². The predicted octanol–water partition coefficient (Wildman–Crippen LogP) is 2.21. The van der Waals surface area contributed by atoms with Crippen LogP contribution in [0.1, 0.15) is 49.2 Å². The summed E-state index contributed by atoms with van der Waals surface area (Å²) in [5.41, 5.74) is 7.11. The molecule has 0 bridgehead atoms. The maximum atomic E-state index is 6.12. The van der Waals surface area contributed by atoms with E-state index in [0.717, 1.165) is 25.1 Å². The first-order valence-electron chi connectivity index (χ1n) is 5.29. The van der Waals surface area contributed by atoms with Gasteiger partial charge >= 0.3 is 0 Å². The van der Waals surface area contributed by atoms with Gasteiger partial charge in [-0.1, -0.05) is 11.6 Å². The number of rotatable bonds is 1. The van der Waals surface area contributed by atoms with Crippen LogP contribution in [-0.4, -0.2) is 9.55 Å². The largest absolute Gasteiger partial charge is 0.329 e. The summed E-state index contributed by atoms with van der Waals surface area (Å²) in [4.78, 5) is 4.45. The third-order valence-electron chi connectivity index (χ3n) is 3.18. The smallest absolute Gasteiger partial charge is 0.152 e. The van der Waals surface area contributed by atoms with Crippen LogP contribution < -0.4 is 5.73 Å². The van der Waals surface area contributed by atoms with Gasteiger partial charge in [0.05, 0.1) is 5.69 Å². The lowest BCUT2D eigenvalue weighted by molar-refractivity contribution is 0.452. The normalized spacial score (nSPS) is 26.3. The third-order valence-corrected chi connectivity index (χ3v) is 3.46. The first-order chi connectivity index (χ1) is 6.77. The lowest BCUT2D eigenvalue weighted by atomic mass is 10.1. The average Bonchev–Trinajstić information content (AvgIpc) is 2.93. The summed E-state index contributed by atoms with van der Waals surface area (Å²) in [5, 5.41) is 0.638. The molecule has 3 nitrogen and oxygen atoms in total. The van der Waals surface area contributed by atoms with Gasteiger partial charge in [0.15, 0.2) is 5.15 Å². The minimum absolute atomic E-state index is 0.0937. The molecule has 1 aliphatic heterocycles. The Morgan fingerprint density at radius 2 is 2.14 bits per heavy atom. The molecule has 0 saturated heterocycles. The van der Waals surface area contributed by atoms with Gasteiger partial charge < -0.3 is 10.3 Å². The van der Waals surface area contributed by atoms with Crippen molar-refractivity contribution in [3.63, 3.8) is 0 Å². The van der Waals surface area contributed by atoms with E-state index in [1.54, 1.807) is 0 Å². The first-order valence-corrected chi connectivity index (χ1v) is 5.66. The summed E-state index contributed by atoms with van der Waals surface area (Å²) < 4.78 is 2.26. The van der Waals surface area contributed by atoms with Crippen molar-refractivity contribution >= 4 is 11.6 Å². The molecule has 76 valence electrons. The van der Waals surface area contributed by atoms with Gasteiger partial charge in [0.1, 0.15) is 5.82 Å². The highest BCUT2D eigenvalue weighted by atomic mass is 35.5. The van der Waals surface area contributed by atoms with Gasteiger partial charge in [-0.2, -0.15) is 0 Å². The summed E-state index contributed by atoms with van der Waals surface area (Å²) in [7, 11) is 0. The van der Waals surface area contributed by atoms with E-state index in [2.05, 4.69) is 9.55 Å². The van der Waals surface area contributed by atoms with E-state index in [0.29, 0.717) is 11.1 Å². The van der Waals surface area contributed by atoms with Gasteiger partial charge in [-0.25, -0.2) is 4.98 Å². The fourth-order valence-corrected chi connectivity index (χ4v) is 2.63. The molecule has 1 aromatic rings. The molecule has 3 rings (SSSR count). The van der Waals surface area contributed by atoms with Gasteiger partial charge in [0.2, 0.25) is 0 Å². The highest BCUT2D eigenvalue weighted by molar-refractivity contribution is 6.30. The Balaban J connectivity index is 2.11. The highest BCUT2D eigenvalue weighted by Gasteiger charge is 2.33. The lowest BCUT2D eigenvalue weighted by Crippen LogP contribution is -2.22. The molecule has 1 aromatic heterocycles. The van der Waals surface area contributed by atoms with Crippen LogP contribution in [0.2, 0.25) is 5.15 Å². The zero-order valence-corrected chi connectivity index (χ0v) is 8.80. The summed E-state index contributed by atoms with van der Waals surface area (Å²) in [6.45, 7) is 1.05. The monoisotopic (exact) mass is 211 g/mol. The lowest BCUT2D eigenvalue weighted by Gasteiger charge is -2.22. The maximum absolute atomic E-state index is 6.12. The Morgan fingerprint density at radius 3 is 2.86 bits per heavy atom. The van der Waals surface area contributed by atoms with E-state index in [4.69, 9.17) is 17.3 Å². The Hall–Kier alpha value is -0.540. The molecule has 0 amide bonds. The molecule has 1 saturated carbocycles. The van der Waals surface area contributed by atoms with Crippen molar-refractivity contribution in [2.45, 2.75) is 44.2 Å². The Bertz CT molecular complexity index is 368. The Morgan fingerprint density at radius 1 is 1.36 bits per heavy atom. The molecule has 1 fully saturated rings. The zero-order valence-electron chi connectivity index (χ0n) is 8.04. The van der Waals surface area contributed by atoms with Crippen molar-refractivity contribution in [2.24, 2.45) is 5.73 Å². The molecular weight excluding hydrogens is 198 g/mol. The van der Waals surface area contributed by atoms with Crippen molar-refractivity contribution in [1.82, 2.24) is 9.55 Å². The quantitative estimate of drug-likeness (QED) is 0.774. The van der Waals surface area contributed by atoms with Gasteiger partial charge in [-0.15, -0.1) is 0 Å². The fraction of sp³-hybridized carbons (Fsp3) is 0.700. The Labute approximate surface area is 88.3 Å². The number of hydrogen-bond acceptors (Lipinski definition) is 2. The van der Waals surface area contributed by atoms with Gasteiger partial charge in [0, 0.05) is 18.5 Å². The number of aromatic nitrogens is 2. The van der Waals surface area contributed by atoms with Gasteiger partial charge in [-0.05, 0) is 25.7 Å². The minimum atomic E-state index is 0.0937. The van der Waals surface area contributed by atoms with E-state index in [1.165, 1.54) is 18.7 Å². The second-order valence-corrected chi connectivity index (χ2v) is 4.68. The van der Waals surface area contributed by atoms with Crippen LogP contribution in [0.4, 0.5) is 0 Å². The Kier molecular flexibility index (Phi) is 1.86. The van der Waals surface area contributed by atoms with Crippen LogP contribution in [0.3, 0.4) is 0 Å².